The molecule has 2 nitrogen and oxygen atoms in total. The molecule has 2 aromatic carbocycles. The Morgan fingerprint density at radius 1 is 1.00 bits per heavy atom. The van der Waals surface area contributed by atoms with E-state index in [1.165, 1.54) is 17.7 Å². The predicted octanol–water partition coefficient (Wildman–Crippen LogP) is 4.76. The largest absolute Gasteiger partial charge is 0.573 e. The molecule has 0 bridgehead atoms. The van der Waals surface area contributed by atoms with Crippen molar-refractivity contribution in [2.24, 2.45) is 0 Å². The molecule has 21 heavy (non-hydrogen) atoms. The first-order valence-corrected chi connectivity index (χ1v) is 6.64. The Balaban J connectivity index is 1.94. The molecule has 0 radical (unpaired) electrons. The second-order valence-corrected chi connectivity index (χ2v) is 4.60. The minimum absolute atomic E-state index is 0.209. The third kappa shape index (κ3) is 5.02. The molecule has 0 aliphatic heterocycles. The highest BCUT2D eigenvalue weighted by atomic mass is 19.4. The molecule has 1 N–H and O–H groups in total. The van der Waals surface area contributed by atoms with Crippen LogP contribution in [-0.4, -0.2) is 6.36 Å². The zero-order valence-corrected chi connectivity index (χ0v) is 11.6. The molecule has 0 atom stereocenters. The highest BCUT2D eigenvalue weighted by Crippen LogP contribution is 2.23. The molecule has 5 heteroatoms. The van der Waals surface area contributed by atoms with Crippen LogP contribution >= 0.6 is 0 Å². The highest BCUT2D eigenvalue weighted by Gasteiger charge is 2.30. The number of halogens is 3. The van der Waals surface area contributed by atoms with Gasteiger partial charge in [-0.3, -0.25) is 0 Å². The zero-order valence-electron chi connectivity index (χ0n) is 11.6. The maximum atomic E-state index is 12.0. The van der Waals surface area contributed by atoms with Gasteiger partial charge < -0.3 is 10.1 Å². The van der Waals surface area contributed by atoms with E-state index >= 15 is 0 Å². The molecule has 0 aromatic heterocycles. The van der Waals surface area contributed by atoms with Crippen LogP contribution in [0, 0.1) is 0 Å². The molecule has 112 valence electrons. The van der Waals surface area contributed by atoms with Crippen LogP contribution in [0.25, 0.3) is 0 Å². The summed E-state index contributed by atoms with van der Waals surface area (Å²) in [5.41, 5.74) is 3.10. The van der Waals surface area contributed by atoms with Crippen LogP contribution in [-0.2, 0) is 13.0 Å². The summed E-state index contributed by atoms with van der Waals surface area (Å²) in [5, 5.41) is 3.24. The number of benzene rings is 2. The van der Waals surface area contributed by atoms with Crippen molar-refractivity contribution in [1.82, 2.24) is 0 Å². The Morgan fingerprint density at radius 2 is 1.71 bits per heavy atom. The van der Waals surface area contributed by atoms with E-state index < -0.39 is 6.36 Å². The summed E-state index contributed by atoms with van der Waals surface area (Å²) in [6.07, 6.45) is -3.70. The number of anilines is 1. The van der Waals surface area contributed by atoms with Gasteiger partial charge in [0.05, 0.1) is 0 Å². The van der Waals surface area contributed by atoms with E-state index in [0.717, 1.165) is 17.7 Å². The van der Waals surface area contributed by atoms with E-state index in [-0.39, 0.29) is 5.75 Å². The molecular weight excluding hydrogens is 279 g/mol. The molecular formula is C16H16F3NO. The molecule has 2 aromatic rings. The first-order chi connectivity index (χ1) is 9.96. The SMILES string of the molecule is CCc1cccc(NCc2ccc(OC(F)(F)F)cc2)c1. The van der Waals surface area contributed by atoms with Gasteiger partial charge in [0.25, 0.3) is 0 Å². The van der Waals surface area contributed by atoms with Gasteiger partial charge in [0, 0.05) is 12.2 Å². The summed E-state index contributed by atoms with van der Waals surface area (Å²) < 4.78 is 40.0. The quantitative estimate of drug-likeness (QED) is 0.858. The van der Waals surface area contributed by atoms with Crippen LogP contribution in [0.5, 0.6) is 5.75 Å². The smallest absolute Gasteiger partial charge is 0.406 e. The second-order valence-electron chi connectivity index (χ2n) is 4.60. The van der Waals surface area contributed by atoms with Gasteiger partial charge in [0.1, 0.15) is 5.75 Å². The fourth-order valence-corrected chi connectivity index (χ4v) is 1.91. The Bertz CT molecular complexity index is 579. The molecule has 0 unspecified atom stereocenters. The lowest BCUT2D eigenvalue weighted by Gasteiger charge is -2.10. The van der Waals surface area contributed by atoms with Crippen LogP contribution < -0.4 is 10.1 Å². The predicted molar refractivity (Wildman–Crippen MR) is 76.3 cm³/mol. The average molecular weight is 295 g/mol. The maximum Gasteiger partial charge on any atom is 0.573 e. The number of hydrogen-bond donors (Lipinski definition) is 1. The third-order valence-corrected chi connectivity index (χ3v) is 2.99. The minimum Gasteiger partial charge on any atom is -0.406 e. The van der Waals surface area contributed by atoms with E-state index in [0.29, 0.717) is 6.54 Å². The van der Waals surface area contributed by atoms with E-state index in [4.69, 9.17) is 0 Å². The lowest BCUT2D eigenvalue weighted by molar-refractivity contribution is -0.274. The van der Waals surface area contributed by atoms with E-state index in [1.54, 1.807) is 12.1 Å². The van der Waals surface area contributed by atoms with Gasteiger partial charge in [0.2, 0.25) is 0 Å². The van der Waals surface area contributed by atoms with Crippen molar-refractivity contribution < 1.29 is 17.9 Å². The van der Waals surface area contributed by atoms with Crippen LogP contribution in [0.4, 0.5) is 18.9 Å². The van der Waals surface area contributed by atoms with Gasteiger partial charge in [-0.1, -0.05) is 31.2 Å². The van der Waals surface area contributed by atoms with Gasteiger partial charge >= 0.3 is 6.36 Å². The number of ether oxygens (including phenoxy) is 1. The Hall–Kier alpha value is -2.17. The number of alkyl halides is 3. The standard InChI is InChI=1S/C16H16F3NO/c1-2-12-4-3-5-14(10-12)20-11-13-6-8-15(9-7-13)21-16(17,18)19/h3-10,20H,2,11H2,1H3. The van der Waals surface area contributed by atoms with Gasteiger partial charge in [0.15, 0.2) is 0 Å². The topological polar surface area (TPSA) is 21.3 Å². The molecule has 2 rings (SSSR count). The fraction of sp³-hybridized carbons (Fsp3) is 0.250. The lowest BCUT2D eigenvalue weighted by Crippen LogP contribution is -2.17. The van der Waals surface area contributed by atoms with Gasteiger partial charge in [-0.2, -0.15) is 0 Å². The first-order valence-electron chi connectivity index (χ1n) is 6.64. The summed E-state index contributed by atoms with van der Waals surface area (Å²) in [4.78, 5) is 0. The summed E-state index contributed by atoms with van der Waals surface area (Å²) in [6.45, 7) is 2.62. The normalized spacial score (nSPS) is 11.2. The molecule has 0 spiro atoms. The first kappa shape index (κ1) is 15.2. The number of aryl methyl sites for hydroxylation is 1. The molecule has 0 fully saturated rings. The van der Waals surface area contributed by atoms with Gasteiger partial charge in [-0.15, -0.1) is 13.2 Å². The fourth-order valence-electron chi connectivity index (χ4n) is 1.91. The number of rotatable bonds is 5. The van der Waals surface area contributed by atoms with Gasteiger partial charge in [-0.05, 0) is 41.8 Å². The highest BCUT2D eigenvalue weighted by molar-refractivity contribution is 5.46. The van der Waals surface area contributed by atoms with Crippen LogP contribution in [0.1, 0.15) is 18.1 Å². The maximum absolute atomic E-state index is 12.0. The van der Waals surface area contributed by atoms with Gasteiger partial charge in [-0.25, -0.2) is 0 Å². The van der Waals surface area contributed by atoms with Crippen molar-refractivity contribution in [2.75, 3.05) is 5.32 Å². The van der Waals surface area contributed by atoms with E-state index in [9.17, 15) is 13.2 Å². The zero-order chi connectivity index (χ0) is 15.3. The molecule has 0 aliphatic rings. The molecule has 0 aliphatic carbocycles. The summed E-state index contributed by atoms with van der Waals surface area (Å²) in [7, 11) is 0. The summed E-state index contributed by atoms with van der Waals surface area (Å²) in [5.74, 6) is -0.209. The molecule has 0 heterocycles. The molecule has 0 saturated heterocycles. The summed E-state index contributed by atoms with van der Waals surface area (Å²) >= 11 is 0. The van der Waals surface area contributed by atoms with Crippen molar-refractivity contribution in [1.29, 1.82) is 0 Å². The number of hydrogen-bond acceptors (Lipinski definition) is 2. The minimum atomic E-state index is -4.65. The molecule has 0 saturated carbocycles. The molecule has 0 amide bonds. The summed E-state index contributed by atoms with van der Waals surface area (Å²) in [6, 6.07) is 13.9. The Morgan fingerprint density at radius 3 is 2.33 bits per heavy atom. The van der Waals surface area contributed by atoms with Crippen LogP contribution in [0.15, 0.2) is 48.5 Å². The van der Waals surface area contributed by atoms with Crippen molar-refractivity contribution in [3.8, 4) is 5.75 Å². The average Bonchev–Trinajstić information content (AvgIpc) is 2.45. The van der Waals surface area contributed by atoms with Crippen molar-refractivity contribution >= 4 is 5.69 Å². The second kappa shape index (κ2) is 6.52. The third-order valence-electron chi connectivity index (χ3n) is 2.99. The Kier molecular flexibility index (Phi) is 4.73. The monoisotopic (exact) mass is 295 g/mol. The van der Waals surface area contributed by atoms with Crippen molar-refractivity contribution in [3.05, 3.63) is 59.7 Å². The Labute approximate surface area is 121 Å². The van der Waals surface area contributed by atoms with Crippen molar-refractivity contribution in [2.45, 2.75) is 26.3 Å². The van der Waals surface area contributed by atoms with Crippen LogP contribution in [0.2, 0.25) is 0 Å². The lowest BCUT2D eigenvalue weighted by atomic mass is 10.1. The van der Waals surface area contributed by atoms with Crippen molar-refractivity contribution in [3.63, 3.8) is 0 Å². The van der Waals surface area contributed by atoms with E-state index in [1.807, 2.05) is 12.1 Å². The number of nitrogens with one attached hydrogen (secondary N) is 1. The van der Waals surface area contributed by atoms with Crippen LogP contribution in [0.3, 0.4) is 0 Å². The van der Waals surface area contributed by atoms with E-state index in [2.05, 4.69) is 29.1 Å².